The number of nitrogen functional groups attached to an aromatic ring is 2. The molecule has 0 amide bonds. The number of hydrogen-bond acceptors (Lipinski definition) is 4. The summed E-state index contributed by atoms with van der Waals surface area (Å²) in [6, 6.07) is 2.10. The van der Waals surface area contributed by atoms with Gasteiger partial charge >= 0.3 is 0 Å². The molecule has 0 aromatic heterocycles. The summed E-state index contributed by atoms with van der Waals surface area (Å²) < 4.78 is 13.1. The number of benzene rings is 1. The molecule has 1 aromatic rings. The molecule has 0 saturated carbocycles. The first-order valence-electron chi connectivity index (χ1n) is 4.73. The van der Waals surface area contributed by atoms with Crippen LogP contribution in [0.2, 0.25) is 0 Å². The normalized spacial score (nSPS) is 14.8. The van der Waals surface area contributed by atoms with Gasteiger partial charge in [0.15, 0.2) is 0 Å². The molecule has 0 heterocycles. The van der Waals surface area contributed by atoms with E-state index in [2.05, 4.69) is 0 Å². The lowest BCUT2D eigenvalue weighted by atomic mass is 10.00. The van der Waals surface area contributed by atoms with Crippen LogP contribution in [0.5, 0.6) is 0 Å². The summed E-state index contributed by atoms with van der Waals surface area (Å²) in [5.74, 6) is -0.429. The highest BCUT2D eigenvalue weighted by atomic mass is 35.5. The SMILES string of the molecule is Nc1cc(F)cc(C(O)C(O)CCCl)c1N. The first-order valence-corrected chi connectivity index (χ1v) is 5.27. The van der Waals surface area contributed by atoms with Gasteiger partial charge in [-0.3, -0.25) is 0 Å². The topological polar surface area (TPSA) is 92.5 Å². The highest BCUT2D eigenvalue weighted by Crippen LogP contribution is 2.29. The van der Waals surface area contributed by atoms with Crippen molar-refractivity contribution in [3.63, 3.8) is 0 Å². The van der Waals surface area contributed by atoms with Crippen molar-refractivity contribution in [1.29, 1.82) is 0 Å². The van der Waals surface area contributed by atoms with Crippen molar-refractivity contribution in [2.45, 2.75) is 18.6 Å². The molecule has 0 saturated heterocycles. The number of alkyl halides is 1. The van der Waals surface area contributed by atoms with E-state index in [1.807, 2.05) is 0 Å². The third kappa shape index (κ3) is 2.75. The lowest BCUT2D eigenvalue weighted by Crippen LogP contribution is -2.20. The van der Waals surface area contributed by atoms with Gasteiger partial charge in [0, 0.05) is 11.4 Å². The lowest BCUT2D eigenvalue weighted by Gasteiger charge is -2.19. The Morgan fingerprint density at radius 2 is 1.94 bits per heavy atom. The van der Waals surface area contributed by atoms with Crippen LogP contribution in [0.3, 0.4) is 0 Å². The molecule has 0 aliphatic rings. The minimum absolute atomic E-state index is 0.0344. The fourth-order valence-corrected chi connectivity index (χ4v) is 1.61. The first kappa shape index (κ1) is 13.0. The van der Waals surface area contributed by atoms with Crippen LogP contribution in [0.1, 0.15) is 18.1 Å². The van der Waals surface area contributed by atoms with Gasteiger partial charge in [0.1, 0.15) is 11.9 Å². The first-order chi connectivity index (χ1) is 7.47. The van der Waals surface area contributed by atoms with Crippen LogP contribution >= 0.6 is 11.6 Å². The molecular weight excluding hydrogens is 235 g/mol. The van der Waals surface area contributed by atoms with Crippen LogP contribution in [-0.4, -0.2) is 22.2 Å². The highest BCUT2D eigenvalue weighted by molar-refractivity contribution is 6.17. The van der Waals surface area contributed by atoms with Gasteiger partial charge < -0.3 is 21.7 Å². The summed E-state index contributed by atoms with van der Waals surface area (Å²) in [5, 5.41) is 19.3. The molecule has 0 fully saturated rings. The molecule has 0 radical (unpaired) electrons. The Morgan fingerprint density at radius 3 is 2.50 bits per heavy atom. The predicted octanol–water partition coefficient (Wildman–Crippen LogP) is 1.01. The Kier molecular flexibility index (Phi) is 4.35. The van der Waals surface area contributed by atoms with Gasteiger partial charge in [-0.1, -0.05) is 0 Å². The lowest BCUT2D eigenvalue weighted by molar-refractivity contribution is 0.0173. The molecule has 0 aliphatic heterocycles. The van der Waals surface area contributed by atoms with Gasteiger partial charge in [-0.25, -0.2) is 4.39 Å². The molecule has 6 heteroatoms. The average molecular weight is 249 g/mol. The van der Waals surface area contributed by atoms with Crippen LogP contribution in [-0.2, 0) is 0 Å². The molecule has 16 heavy (non-hydrogen) atoms. The molecule has 4 nitrogen and oxygen atoms in total. The van der Waals surface area contributed by atoms with Crippen molar-refractivity contribution in [1.82, 2.24) is 0 Å². The minimum Gasteiger partial charge on any atom is -0.397 e. The summed E-state index contributed by atoms with van der Waals surface area (Å²) in [4.78, 5) is 0. The third-order valence-corrected chi connectivity index (χ3v) is 2.51. The molecule has 6 N–H and O–H groups in total. The summed E-state index contributed by atoms with van der Waals surface area (Å²) in [7, 11) is 0. The molecule has 0 bridgehead atoms. The van der Waals surface area contributed by atoms with E-state index in [4.69, 9.17) is 23.1 Å². The third-order valence-electron chi connectivity index (χ3n) is 2.30. The van der Waals surface area contributed by atoms with E-state index >= 15 is 0 Å². The molecule has 2 atom stereocenters. The standard InChI is InChI=1S/C10H14ClFN2O2/c11-2-1-8(15)10(16)6-3-5(12)4-7(13)9(6)14/h3-4,8,10,15-16H,1-2,13-14H2. The predicted molar refractivity (Wildman–Crippen MR) is 61.5 cm³/mol. The number of halogens is 2. The maximum Gasteiger partial charge on any atom is 0.125 e. The summed E-state index contributed by atoms with van der Waals surface area (Å²) in [5.41, 5.74) is 11.2. The zero-order valence-corrected chi connectivity index (χ0v) is 9.28. The van der Waals surface area contributed by atoms with E-state index in [1.165, 1.54) is 0 Å². The Bertz CT molecular complexity index is 376. The van der Waals surface area contributed by atoms with E-state index in [1.54, 1.807) is 0 Å². The molecule has 1 rings (SSSR count). The fraction of sp³-hybridized carbons (Fsp3) is 0.400. The Balaban J connectivity index is 3.03. The van der Waals surface area contributed by atoms with Crippen molar-refractivity contribution in [2.75, 3.05) is 17.3 Å². The monoisotopic (exact) mass is 248 g/mol. The van der Waals surface area contributed by atoms with Crippen molar-refractivity contribution in [2.24, 2.45) is 0 Å². The summed E-state index contributed by atoms with van der Waals surface area (Å²) in [6.07, 6.45) is -2.21. The van der Waals surface area contributed by atoms with Crippen molar-refractivity contribution < 1.29 is 14.6 Å². The van der Waals surface area contributed by atoms with Crippen LogP contribution in [0.15, 0.2) is 12.1 Å². The van der Waals surface area contributed by atoms with E-state index in [0.29, 0.717) is 0 Å². The summed E-state index contributed by atoms with van der Waals surface area (Å²) in [6.45, 7) is 0. The number of hydrogen-bond donors (Lipinski definition) is 4. The van der Waals surface area contributed by atoms with Crippen molar-refractivity contribution >= 4 is 23.0 Å². The van der Waals surface area contributed by atoms with Gasteiger partial charge in [-0.15, -0.1) is 11.6 Å². The second-order valence-electron chi connectivity index (χ2n) is 3.49. The number of aliphatic hydroxyl groups is 2. The van der Waals surface area contributed by atoms with E-state index in [9.17, 15) is 14.6 Å². The molecule has 2 unspecified atom stereocenters. The van der Waals surface area contributed by atoms with Gasteiger partial charge in [-0.2, -0.15) is 0 Å². The van der Waals surface area contributed by atoms with Crippen LogP contribution < -0.4 is 11.5 Å². The van der Waals surface area contributed by atoms with E-state index in [-0.39, 0.29) is 29.2 Å². The Labute approximate surface area is 97.6 Å². The van der Waals surface area contributed by atoms with Crippen LogP contribution in [0, 0.1) is 5.82 Å². The van der Waals surface area contributed by atoms with Gasteiger partial charge in [0.25, 0.3) is 0 Å². The second-order valence-corrected chi connectivity index (χ2v) is 3.87. The number of nitrogens with two attached hydrogens (primary N) is 2. The average Bonchev–Trinajstić information content (AvgIpc) is 2.22. The summed E-state index contributed by atoms with van der Waals surface area (Å²) >= 11 is 5.43. The van der Waals surface area contributed by atoms with Gasteiger partial charge in [0.2, 0.25) is 0 Å². The zero-order chi connectivity index (χ0) is 12.3. The quantitative estimate of drug-likeness (QED) is 0.473. The molecule has 1 aromatic carbocycles. The van der Waals surface area contributed by atoms with E-state index in [0.717, 1.165) is 12.1 Å². The van der Waals surface area contributed by atoms with E-state index < -0.39 is 18.0 Å². The molecule has 0 aliphatic carbocycles. The maximum absolute atomic E-state index is 13.1. The largest absolute Gasteiger partial charge is 0.397 e. The van der Waals surface area contributed by atoms with Crippen LogP contribution in [0.25, 0.3) is 0 Å². The molecule has 0 spiro atoms. The zero-order valence-electron chi connectivity index (χ0n) is 8.53. The maximum atomic E-state index is 13.1. The number of anilines is 2. The Hall–Kier alpha value is -1.04. The molecular formula is C10H14ClFN2O2. The number of rotatable bonds is 4. The smallest absolute Gasteiger partial charge is 0.125 e. The van der Waals surface area contributed by atoms with Gasteiger partial charge in [-0.05, 0) is 18.6 Å². The van der Waals surface area contributed by atoms with Gasteiger partial charge in [0.05, 0.1) is 17.5 Å². The minimum atomic E-state index is -1.29. The highest BCUT2D eigenvalue weighted by Gasteiger charge is 2.21. The molecule has 90 valence electrons. The second kappa shape index (κ2) is 5.34. The van der Waals surface area contributed by atoms with Crippen molar-refractivity contribution in [3.05, 3.63) is 23.5 Å². The van der Waals surface area contributed by atoms with Crippen molar-refractivity contribution in [3.8, 4) is 0 Å². The fourth-order valence-electron chi connectivity index (χ4n) is 1.38. The Morgan fingerprint density at radius 1 is 1.31 bits per heavy atom. The van der Waals surface area contributed by atoms with Crippen LogP contribution in [0.4, 0.5) is 15.8 Å². The number of aliphatic hydroxyl groups excluding tert-OH is 2.